The molecule has 0 aliphatic rings. The van der Waals surface area contributed by atoms with Crippen molar-refractivity contribution in [1.82, 2.24) is 10.3 Å². The summed E-state index contributed by atoms with van der Waals surface area (Å²) in [5, 5.41) is 10.1. The lowest BCUT2D eigenvalue weighted by Gasteiger charge is -2.03. The van der Waals surface area contributed by atoms with Crippen LogP contribution in [0.3, 0.4) is 0 Å². The second-order valence-corrected chi connectivity index (χ2v) is 7.34. The van der Waals surface area contributed by atoms with Crippen LogP contribution in [0, 0.1) is 0 Å². The van der Waals surface area contributed by atoms with Gasteiger partial charge in [-0.2, -0.15) is 0 Å². The summed E-state index contributed by atoms with van der Waals surface area (Å²) in [6.45, 7) is 2.01. The van der Waals surface area contributed by atoms with Crippen molar-refractivity contribution in [3.8, 4) is 11.3 Å². The number of carbonyl (C=O) groups is 2. The van der Waals surface area contributed by atoms with E-state index in [4.69, 9.17) is 0 Å². The van der Waals surface area contributed by atoms with E-state index in [0.717, 1.165) is 21.7 Å². The van der Waals surface area contributed by atoms with Crippen LogP contribution in [-0.2, 0) is 22.6 Å². The maximum absolute atomic E-state index is 12.0. The Labute approximate surface area is 153 Å². The zero-order valence-electron chi connectivity index (χ0n) is 13.6. The number of rotatable bonds is 6. The number of thiophene rings is 1. The minimum Gasteiger partial charge on any atom is -0.352 e. The van der Waals surface area contributed by atoms with Crippen LogP contribution < -0.4 is 10.6 Å². The van der Waals surface area contributed by atoms with E-state index in [1.165, 1.54) is 18.3 Å². The molecule has 25 heavy (non-hydrogen) atoms. The molecule has 0 radical (unpaired) electrons. The second kappa shape index (κ2) is 8.04. The highest BCUT2D eigenvalue weighted by Crippen LogP contribution is 2.25. The van der Waals surface area contributed by atoms with Gasteiger partial charge in [-0.25, -0.2) is 4.98 Å². The highest BCUT2D eigenvalue weighted by molar-refractivity contribution is 7.14. The van der Waals surface area contributed by atoms with Gasteiger partial charge < -0.3 is 10.6 Å². The molecule has 0 spiro atoms. The first kappa shape index (κ1) is 17.3. The molecule has 128 valence electrons. The number of benzene rings is 1. The van der Waals surface area contributed by atoms with Crippen LogP contribution in [0.15, 0.2) is 47.2 Å². The van der Waals surface area contributed by atoms with E-state index >= 15 is 0 Å². The first-order chi connectivity index (χ1) is 12.1. The van der Waals surface area contributed by atoms with E-state index in [0.29, 0.717) is 18.1 Å². The molecule has 0 saturated heterocycles. The molecule has 0 saturated carbocycles. The van der Waals surface area contributed by atoms with Crippen molar-refractivity contribution in [3.05, 3.63) is 57.6 Å². The predicted octanol–water partition coefficient (Wildman–Crippen LogP) is 3.69. The number of amides is 2. The molecule has 0 unspecified atom stereocenters. The molecule has 7 heteroatoms. The SMILES string of the molecule is CC(=O)NCc1ccc(-c2csc(NC(=O)Cc3cccs3)n2)cc1. The van der Waals surface area contributed by atoms with Crippen LogP contribution in [0.1, 0.15) is 17.4 Å². The number of hydrogen-bond acceptors (Lipinski definition) is 5. The summed E-state index contributed by atoms with van der Waals surface area (Å²) in [5.41, 5.74) is 2.82. The zero-order valence-corrected chi connectivity index (χ0v) is 15.2. The van der Waals surface area contributed by atoms with Gasteiger partial charge in [0.15, 0.2) is 5.13 Å². The van der Waals surface area contributed by atoms with Crippen molar-refractivity contribution in [2.45, 2.75) is 19.9 Å². The first-order valence-corrected chi connectivity index (χ1v) is 9.47. The standard InChI is InChI=1S/C18H17N3O2S2/c1-12(22)19-10-13-4-6-14(7-5-13)16-11-25-18(20-16)21-17(23)9-15-3-2-8-24-15/h2-8,11H,9-10H2,1H3,(H,19,22)(H,20,21,23). The summed E-state index contributed by atoms with van der Waals surface area (Å²) < 4.78 is 0. The van der Waals surface area contributed by atoms with Crippen LogP contribution in [0.2, 0.25) is 0 Å². The van der Waals surface area contributed by atoms with Crippen molar-refractivity contribution in [2.24, 2.45) is 0 Å². The van der Waals surface area contributed by atoms with Crippen LogP contribution >= 0.6 is 22.7 Å². The van der Waals surface area contributed by atoms with Crippen molar-refractivity contribution >= 4 is 39.6 Å². The maximum Gasteiger partial charge on any atom is 0.231 e. The molecule has 5 nitrogen and oxygen atoms in total. The third kappa shape index (κ3) is 4.98. The molecule has 2 aromatic heterocycles. The Morgan fingerprint density at radius 1 is 1.12 bits per heavy atom. The first-order valence-electron chi connectivity index (χ1n) is 7.71. The number of hydrogen-bond donors (Lipinski definition) is 2. The number of thiazole rings is 1. The van der Waals surface area contributed by atoms with Crippen molar-refractivity contribution in [3.63, 3.8) is 0 Å². The lowest BCUT2D eigenvalue weighted by atomic mass is 10.1. The van der Waals surface area contributed by atoms with Crippen LogP contribution in [-0.4, -0.2) is 16.8 Å². The molecule has 0 aliphatic carbocycles. The third-order valence-corrected chi connectivity index (χ3v) is 5.09. The fourth-order valence-corrected chi connectivity index (χ4v) is 3.66. The number of nitrogens with zero attached hydrogens (tertiary/aromatic N) is 1. The van der Waals surface area contributed by atoms with Gasteiger partial charge >= 0.3 is 0 Å². The van der Waals surface area contributed by atoms with E-state index in [-0.39, 0.29) is 11.8 Å². The molecule has 3 aromatic rings. The minimum absolute atomic E-state index is 0.0495. The van der Waals surface area contributed by atoms with Crippen LogP contribution in [0.5, 0.6) is 0 Å². The maximum atomic E-state index is 12.0. The number of nitrogens with one attached hydrogen (secondary N) is 2. The summed E-state index contributed by atoms with van der Waals surface area (Å²) >= 11 is 2.97. The number of anilines is 1. The summed E-state index contributed by atoms with van der Waals surface area (Å²) in [6.07, 6.45) is 0.366. The Bertz CT molecular complexity index is 855. The molecule has 0 bridgehead atoms. The summed E-state index contributed by atoms with van der Waals surface area (Å²) in [4.78, 5) is 28.5. The molecular weight excluding hydrogens is 354 g/mol. The Hall–Kier alpha value is -2.51. The Morgan fingerprint density at radius 2 is 1.92 bits per heavy atom. The Kier molecular flexibility index (Phi) is 5.57. The van der Waals surface area contributed by atoms with Gasteiger partial charge in [0.05, 0.1) is 12.1 Å². The summed E-state index contributed by atoms with van der Waals surface area (Å²) in [7, 11) is 0. The molecule has 2 amide bonds. The highest BCUT2D eigenvalue weighted by Gasteiger charge is 2.09. The molecule has 2 N–H and O–H groups in total. The lowest BCUT2D eigenvalue weighted by molar-refractivity contribution is -0.119. The predicted molar refractivity (Wildman–Crippen MR) is 102 cm³/mol. The van der Waals surface area contributed by atoms with Crippen molar-refractivity contribution < 1.29 is 9.59 Å². The topological polar surface area (TPSA) is 71.1 Å². The van der Waals surface area contributed by atoms with E-state index in [1.807, 2.05) is 47.2 Å². The van der Waals surface area contributed by atoms with Crippen LogP contribution in [0.4, 0.5) is 5.13 Å². The Morgan fingerprint density at radius 3 is 2.60 bits per heavy atom. The van der Waals surface area contributed by atoms with Gasteiger partial charge in [0.1, 0.15) is 0 Å². The summed E-state index contributed by atoms with van der Waals surface area (Å²) in [5.74, 6) is -0.111. The average Bonchev–Trinajstić information content (AvgIpc) is 3.25. The van der Waals surface area contributed by atoms with Gasteiger partial charge in [0, 0.05) is 29.3 Å². The van der Waals surface area contributed by atoms with Gasteiger partial charge in [0.2, 0.25) is 11.8 Å². The molecule has 0 aliphatic heterocycles. The van der Waals surface area contributed by atoms with Gasteiger partial charge in [0.25, 0.3) is 0 Å². The molecule has 0 fully saturated rings. The second-order valence-electron chi connectivity index (χ2n) is 5.45. The van der Waals surface area contributed by atoms with E-state index in [1.54, 1.807) is 11.3 Å². The van der Waals surface area contributed by atoms with Crippen LogP contribution in [0.25, 0.3) is 11.3 Å². The molecule has 3 rings (SSSR count). The lowest BCUT2D eigenvalue weighted by Crippen LogP contribution is -2.18. The van der Waals surface area contributed by atoms with E-state index in [2.05, 4.69) is 15.6 Å². The summed E-state index contributed by atoms with van der Waals surface area (Å²) in [6, 6.07) is 11.7. The Balaban J connectivity index is 1.60. The third-order valence-electron chi connectivity index (χ3n) is 3.46. The number of carbonyl (C=O) groups excluding carboxylic acids is 2. The molecule has 0 atom stereocenters. The molecule has 1 aromatic carbocycles. The molecule has 2 heterocycles. The van der Waals surface area contributed by atoms with E-state index in [9.17, 15) is 9.59 Å². The van der Waals surface area contributed by atoms with Crippen molar-refractivity contribution in [2.75, 3.05) is 5.32 Å². The van der Waals surface area contributed by atoms with Gasteiger partial charge in [-0.15, -0.1) is 22.7 Å². The normalized spacial score (nSPS) is 10.4. The molecular formula is C18H17N3O2S2. The smallest absolute Gasteiger partial charge is 0.231 e. The van der Waals surface area contributed by atoms with Gasteiger partial charge in [-0.3, -0.25) is 9.59 Å². The quantitative estimate of drug-likeness (QED) is 0.694. The largest absolute Gasteiger partial charge is 0.352 e. The number of aromatic nitrogens is 1. The van der Waals surface area contributed by atoms with E-state index < -0.39 is 0 Å². The fourth-order valence-electron chi connectivity index (χ4n) is 2.22. The fraction of sp³-hybridized carbons (Fsp3) is 0.167. The minimum atomic E-state index is -0.0611. The average molecular weight is 371 g/mol. The highest BCUT2D eigenvalue weighted by atomic mass is 32.1. The monoisotopic (exact) mass is 371 g/mol. The zero-order chi connectivity index (χ0) is 17.6. The van der Waals surface area contributed by atoms with Crippen molar-refractivity contribution in [1.29, 1.82) is 0 Å². The van der Waals surface area contributed by atoms with Gasteiger partial charge in [-0.1, -0.05) is 30.3 Å². The van der Waals surface area contributed by atoms with Gasteiger partial charge in [-0.05, 0) is 17.0 Å².